The number of thiazole rings is 1. The molecule has 2 aromatic carbocycles. The number of hydrogen-bond donors (Lipinski definition) is 1. The Morgan fingerprint density at radius 3 is 2.89 bits per heavy atom. The fraction of sp³-hybridized carbons (Fsp3) is 0.150. The van der Waals surface area contributed by atoms with Crippen LogP contribution in [0.5, 0.6) is 11.5 Å². The van der Waals surface area contributed by atoms with Gasteiger partial charge in [0.15, 0.2) is 17.6 Å². The second-order valence-electron chi connectivity index (χ2n) is 5.99. The molecule has 28 heavy (non-hydrogen) atoms. The molecule has 142 valence electrons. The Hall–Kier alpha value is -3.39. The van der Waals surface area contributed by atoms with Crippen molar-refractivity contribution in [2.75, 3.05) is 12.1 Å². The maximum atomic E-state index is 12.2. The number of para-hydroxylation sites is 1. The highest BCUT2D eigenvalue weighted by molar-refractivity contribution is 7.19. The van der Waals surface area contributed by atoms with E-state index in [2.05, 4.69) is 10.3 Å². The van der Waals surface area contributed by atoms with Gasteiger partial charge in [0.05, 0.1) is 10.2 Å². The Morgan fingerprint density at radius 1 is 1.21 bits per heavy atom. The number of amides is 1. The fourth-order valence-corrected chi connectivity index (χ4v) is 3.46. The van der Waals surface area contributed by atoms with E-state index in [1.165, 1.54) is 24.3 Å². The van der Waals surface area contributed by atoms with Crippen LogP contribution in [0.2, 0.25) is 0 Å². The summed E-state index contributed by atoms with van der Waals surface area (Å²) in [5.41, 5.74) is 1.40. The Morgan fingerprint density at radius 2 is 2.04 bits per heavy atom. The molecule has 1 aliphatic heterocycles. The predicted octanol–water partition coefficient (Wildman–Crippen LogP) is 3.61. The number of carbonyl (C=O) groups is 2. The summed E-state index contributed by atoms with van der Waals surface area (Å²) in [6.07, 6.45) is 1.88. The molecule has 0 unspecified atom stereocenters. The van der Waals surface area contributed by atoms with Crippen molar-refractivity contribution in [3.05, 3.63) is 53.5 Å². The van der Waals surface area contributed by atoms with E-state index in [9.17, 15) is 9.59 Å². The Labute approximate surface area is 164 Å². The predicted molar refractivity (Wildman–Crippen MR) is 105 cm³/mol. The number of aromatic nitrogens is 1. The van der Waals surface area contributed by atoms with Crippen molar-refractivity contribution in [3.8, 4) is 11.5 Å². The molecule has 0 saturated heterocycles. The van der Waals surface area contributed by atoms with Gasteiger partial charge in [-0.05, 0) is 37.3 Å². The van der Waals surface area contributed by atoms with Crippen LogP contribution in [0.3, 0.4) is 0 Å². The first-order valence-electron chi connectivity index (χ1n) is 8.53. The molecule has 0 radical (unpaired) electrons. The highest BCUT2D eigenvalue weighted by atomic mass is 32.1. The van der Waals surface area contributed by atoms with Crippen molar-refractivity contribution < 1.29 is 23.8 Å². The van der Waals surface area contributed by atoms with Gasteiger partial charge in [0, 0.05) is 17.8 Å². The van der Waals surface area contributed by atoms with Crippen LogP contribution in [0.25, 0.3) is 16.3 Å². The number of ether oxygens (including phenoxy) is 3. The molecule has 1 atom stereocenters. The minimum atomic E-state index is -0.960. The van der Waals surface area contributed by atoms with Crippen LogP contribution in [0.1, 0.15) is 11.9 Å². The highest BCUT2D eigenvalue weighted by Gasteiger charge is 2.19. The number of anilines is 1. The molecule has 1 N–H and O–H groups in total. The second-order valence-corrected chi connectivity index (χ2v) is 7.05. The summed E-state index contributed by atoms with van der Waals surface area (Å²) in [6, 6.07) is 12.8. The van der Waals surface area contributed by atoms with Gasteiger partial charge in [-0.25, -0.2) is 9.78 Å². The quantitative estimate of drug-likeness (QED) is 0.524. The van der Waals surface area contributed by atoms with Crippen molar-refractivity contribution in [2.24, 2.45) is 0 Å². The first kappa shape index (κ1) is 18.0. The maximum Gasteiger partial charge on any atom is 0.331 e. The van der Waals surface area contributed by atoms with Crippen LogP contribution in [-0.2, 0) is 14.3 Å². The van der Waals surface area contributed by atoms with Gasteiger partial charge < -0.3 is 19.5 Å². The van der Waals surface area contributed by atoms with Gasteiger partial charge >= 0.3 is 5.97 Å². The van der Waals surface area contributed by atoms with E-state index in [0.717, 1.165) is 10.2 Å². The number of esters is 1. The highest BCUT2D eigenvalue weighted by Crippen LogP contribution is 2.34. The van der Waals surface area contributed by atoms with Crippen LogP contribution in [0.4, 0.5) is 5.69 Å². The van der Waals surface area contributed by atoms with E-state index in [4.69, 9.17) is 14.2 Å². The van der Waals surface area contributed by atoms with E-state index < -0.39 is 18.0 Å². The van der Waals surface area contributed by atoms with Gasteiger partial charge in [-0.2, -0.15) is 0 Å². The molecule has 0 spiro atoms. The Kier molecular flexibility index (Phi) is 4.94. The smallest absolute Gasteiger partial charge is 0.331 e. The lowest BCUT2D eigenvalue weighted by Gasteiger charge is -2.12. The summed E-state index contributed by atoms with van der Waals surface area (Å²) in [5, 5.41) is 3.37. The lowest BCUT2D eigenvalue weighted by molar-refractivity contribution is -0.148. The monoisotopic (exact) mass is 396 g/mol. The van der Waals surface area contributed by atoms with E-state index in [1.807, 2.05) is 24.3 Å². The van der Waals surface area contributed by atoms with Crippen molar-refractivity contribution in [2.45, 2.75) is 13.0 Å². The Bertz CT molecular complexity index is 1040. The van der Waals surface area contributed by atoms with E-state index in [1.54, 1.807) is 24.3 Å². The first-order chi connectivity index (χ1) is 13.6. The van der Waals surface area contributed by atoms with Crippen molar-refractivity contribution in [3.63, 3.8) is 0 Å². The zero-order valence-corrected chi connectivity index (χ0v) is 15.7. The number of nitrogens with zero attached hydrogens (tertiary/aromatic N) is 1. The molecule has 2 heterocycles. The van der Waals surface area contributed by atoms with E-state index in [0.29, 0.717) is 22.2 Å². The molecule has 7 nitrogen and oxygen atoms in total. The largest absolute Gasteiger partial charge is 0.454 e. The molecule has 1 aliphatic rings. The topological polar surface area (TPSA) is 86.8 Å². The molecule has 0 fully saturated rings. The lowest BCUT2D eigenvalue weighted by Crippen LogP contribution is -2.29. The van der Waals surface area contributed by atoms with Crippen LogP contribution < -0.4 is 14.8 Å². The fourth-order valence-electron chi connectivity index (χ4n) is 2.59. The number of benzene rings is 2. The number of hydrogen-bond acceptors (Lipinski definition) is 7. The summed E-state index contributed by atoms with van der Waals surface area (Å²) in [5.74, 6) is 0.117. The third kappa shape index (κ3) is 3.96. The molecular weight excluding hydrogens is 380 g/mol. The van der Waals surface area contributed by atoms with Crippen LogP contribution in [0.15, 0.2) is 48.5 Å². The van der Waals surface area contributed by atoms with Crippen LogP contribution in [-0.4, -0.2) is 29.8 Å². The van der Waals surface area contributed by atoms with Gasteiger partial charge in [0.25, 0.3) is 5.91 Å². The SMILES string of the molecule is C[C@@H](OC(=O)/C=C/c1nc2ccccc2s1)C(=O)Nc1ccc2c(c1)OCO2. The van der Waals surface area contributed by atoms with Crippen molar-refractivity contribution in [1.82, 2.24) is 4.98 Å². The zero-order chi connectivity index (χ0) is 19.5. The van der Waals surface area contributed by atoms with Crippen molar-refractivity contribution in [1.29, 1.82) is 0 Å². The number of carbonyl (C=O) groups excluding carboxylic acids is 2. The molecule has 0 saturated carbocycles. The first-order valence-corrected chi connectivity index (χ1v) is 9.35. The maximum absolute atomic E-state index is 12.2. The normalized spacial score (nSPS) is 13.6. The third-order valence-corrected chi connectivity index (χ3v) is 4.98. The van der Waals surface area contributed by atoms with Crippen LogP contribution >= 0.6 is 11.3 Å². The lowest BCUT2D eigenvalue weighted by atomic mass is 10.2. The van der Waals surface area contributed by atoms with Gasteiger partial charge in [-0.3, -0.25) is 4.79 Å². The number of rotatable bonds is 5. The van der Waals surface area contributed by atoms with Gasteiger partial charge in [0.1, 0.15) is 5.01 Å². The summed E-state index contributed by atoms with van der Waals surface area (Å²) < 4.78 is 16.7. The van der Waals surface area contributed by atoms with Gasteiger partial charge in [0.2, 0.25) is 6.79 Å². The molecule has 1 aromatic heterocycles. The molecule has 4 rings (SSSR count). The molecule has 8 heteroatoms. The summed E-state index contributed by atoms with van der Waals surface area (Å²) in [7, 11) is 0. The van der Waals surface area contributed by atoms with Crippen molar-refractivity contribution >= 4 is 45.2 Å². The van der Waals surface area contributed by atoms with E-state index in [-0.39, 0.29) is 6.79 Å². The number of nitrogens with one attached hydrogen (secondary N) is 1. The zero-order valence-electron chi connectivity index (χ0n) is 14.9. The summed E-state index contributed by atoms with van der Waals surface area (Å²) in [6.45, 7) is 1.66. The molecular formula is C20H16N2O5S. The molecule has 0 aliphatic carbocycles. The standard InChI is InChI=1S/C20H16N2O5S/c1-12(20(24)21-13-6-7-15-16(10-13)26-11-25-15)27-19(23)9-8-18-22-14-4-2-3-5-17(14)28-18/h2-10,12H,11H2,1H3,(H,21,24)/b9-8+/t12-/m1/s1. The molecule has 0 bridgehead atoms. The molecule has 3 aromatic rings. The minimum absolute atomic E-state index is 0.155. The molecule has 1 amide bonds. The Balaban J connectivity index is 1.33. The second kappa shape index (κ2) is 7.69. The third-order valence-electron chi connectivity index (χ3n) is 3.97. The van der Waals surface area contributed by atoms with Gasteiger partial charge in [-0.15, -0.1) is 11.3 Å². The summed E-state index contributed by atoms with van der Waals surface area (Å²) >= 11 is 1.47. The number of fused-ring (bicyclic) bond motifs is 2. The van der Waals surface area contributed by atoms with Crippen LogP contribution in [0, 0.1) is 0 Å². The average molecular weight is 396 g/mol. The van der Waals surface area contributed by atoms with Gasteiger partial charge in [-0.1, -0.05) is 12.1 Å². The van der Waals surface area contributed by atoms with E-state index >= 15 is 0 Å². The minimum Gasteiger partial charge on any atom is -0.454 e. The summed E-state index contributed by atoms with van der Waals surface area (Å²) in [4.78, 5) is 28.7. The average Bonchev–Trinajstić information content (AvgIpc) is 3.32.